The van der Waals surface area contributed by atoms with Crippen LogP contribution in [0.2, 0.25) is 0 Å². The van der Waals surface area contributed by atoms with Crippen LogP contribution in [0.4, 0.5) is 0 Å². The third-order valence-electron chi connectivity index (χ3n) is 5.02. The monoisotopic (exact) mass is 407 g/mol. The molecular formula is C20H31N4O3S+. The molecule has 1 saturated heterocycles. The molecular weight excluding hydrogens is 376 g/mol. The smallest absolute Gasteiger partial charge is 0.243 e. The van der Waals surface area contributed by atoms with E-state index in [-0.39, 0.29) is 22.1 Å². The molecule has 2 rings (SSSR count). The molecule has 8 heteroatoms. The van der Waals surface area contributed by atoms with Crippen LogP contribution in [0.3, 0.4) is 0 Å². The molecule has 2 N–H and O–H groups in total. The molecule has 154 valence electrons. The highest BCUT2D eigenvalue weighted by atomic mass is 32.2. The van der Waals surface area contributed by atoms with Crippen LogP contribution >= 0.6 is 0 Å². The zero-order chi connectivity index (χ0) is 20.9. The Labute approximate surface area is 168 Å². The summed E-state index contributed by atoms with van der Waals surface area (Å²) < 4.78 is 27.0. The Morgan fingerprint density at radius 1 is 1.25 bits per heavy atom. The topological polar surface area (TPSA) is 94.7 Å². The number of nitrogens with zero attached hydrogens (tertiary/aromatic N) is 2. The van der Waals surface area contributed by atoms with E-state index < -0.39 is 10.0 Å². The third kappa shape index (κ3) is 5.77. The maximum absolute atomic E-state index is 12.8. The summed E-state index contributed by atoms with van der Waals surface area (Å²) in [5, 5.41) is 11.9. The summed E-state index contributed by atoms with van der Waals surface area (Å²) >= 11 is 0. The molecule has 1 amide bonds. The number of carbonyl (C=O) groups excluding carboxylic acids is 1. The van der Waals surface area contributed by atoms with Crippen LogP contribution in [0.15, 0.2) is 29.2 Å². The van der Waals surface area contributed by atoms with Gasteiger partial charge in [-0.15, -0.1) is 0 Å². The number of carbonyl (C=O) groups is 1. The molecule has 1 aliphatic heterocycles. The number of hydrogen-bond acceptors (Lipinski definition) is 4. The summed E-state index contributed by atoms with van der Waals surface area (Å²) in [6, 6.07) is 7.91. The molecule has 0 bridgehead atoms. The van der Waals surface area contributed by atoms with Crippen LogP contribution < -0.4 is 10.2 Å². The van der Waals surface area contributed by atoms with Gasteiger partial charge < -0.3 is 10.2 Å². The molecule has 1 aromatic carbocycles. The van der Waals surface area contributed by atoms with Crippen molar-refractivity contribution in [1.29, 1.82) is 5.26 Å². The van der Waals surface area contributed by atoms with Crippen molar-refractivity contribution in [2.75, 3.05) is 40.3 Å². The summed E-state index contributed by atoms with van der Waals surface area (Å²) in [6.45, 7) is 6.48. The van der Waals surface area contributed by atoms with Gasteiger partial charge in [0.1, 0.15) is 0 Å². The second kappa shape index (κ2) is 9.03. The van der Waals surface area contributed by atoms with Gasteiger partial charge in [0.25, 0.3) is 0 Å². The number of piperidine rings is 1. The first-order chi connectivity index (χ1) is 13.0. The Morgan fingerprint density at radius 2 is 1.82 bits per heavy atom. The van der Waals surface area contributed by atoms with Crippen LogP contribution in [0, 0.1) is 22.7 Å². The van der Waals surface area contributed by atoms with Gasteiger partial charge in [-0.1, -0.05) is 13.8 Å². The highest BCUT2D eigenvalue weighted by Crippen LogP contribution is 2.24. The zero-order valence-corrected chi connectivity index (χ0v) is 18.0. The van der Waals surface area contributed by atoms with E-state index in [1.807, 2.05) is 6.07 Å². The highest BCUT2D eigenvalue weighted by molar-refractivity contribution is 7.89. The third-order valence-corrected chi connectivity index (χ3v) is 6.93. The normalized spacial score (nSPS) is 16.7. The fourth-order valence-electron chi connectivity index (χ4n) is 3.70. The molecule has 28 heavy (non-hydrogen) atoms. The molecule has 1 aliphatic rings. The van der Waals surface area contributed by atoms with Crippen LogP contribution in [0.25, 0.3) is 0 Å². The van der Waals surface area contributed by atoms with Crippen LogP contribution in [-0.2, 0) is 14.8 Å². The standard InChI is InChI=1S/C20H30N4O3S/c1-20(2,15-23(3)4)14-22-19(25)17-9-11-24(12-10-17)28(26,27)18-7-5-16(13-21)6-8-18/h5-8,17H,9-12,14-15H2,1-4H3,(H,22,25)/p+1. The molecule has 0 atom stereocenters. The summed E-state index contributed by atoms with van der Waals surface area (Å²) in [5.41, 5.74) is 0.432. The SMILES string of the molecule is C[NH+](C)CC(C)(C)CNC(=O)C1CCN(S(=O)(=O)c2ccc(C#N)cc2)CC1. The molecule has 1 fully saturated rings. The minimum absolute atomic E-state index is 0.00806. The minimum Gasteiger partial charge on any atom is -0.355 e. The quantitative estimate of drug-likeness (QED) is 0.677. The number of sulfonamides is 1. The van der Waals surface area contributed by atoms with Gasteiger partial charge in [-0.25, -0.2) is 8.42 Å². The number of quaternary nitrogens is 1. The van der Waals surface area contributed by atoms with Crippen LogP contribution in [0.1, 0.15) is 32.3 Å². The number of nitriles is 1. The number of benzene rings is 1. The number of amides is 1. The van der Waals surface area contributed by atoms with Gasteiger partial charge in [-0.05, 0) is 37.1 Å². The van der Waals surface area contributed by atoms with Gasteiger partial charge in [-0.2, -0.15) is 9.57 Å². The van der Waals surface area contributed by atoms with Crippen LogP contribution in [0.5, 0.6) is 0 Å². The van der Waals surface area contributed by atoms with Gasteiger partial charge in [0, 0.05) is 31.0 Å². The molecule has 1 aromatic rings. The van der Waals surface area contributed by atoms with Crippen molar-refractivity contribution < 1.29 is 18.1 Å². The van der Waals surface area contributed by atoms with Crippen molar-refractivity contribution in [2.24, 2.45) is 11.3 Å². The summed E-state index contributed by atoms with van der Waals surface area (Å²) in [6.07, 6.45) is 1.03. The Bertz CT molecular complexity index is 818. The van der Waals surface area contributed by atoms with Crippen molar-refractivity contribution in [3.63, 3.8) is 0 Å². The van der Waals surface area contributed by atoms with Crippen molar-refractivity contribution >= 4 is 15.9 Å². The fraction of sp³-hybridized carbons (Fsp3) is 0.600. The largest absolute Gasteiger partial charge is 0.355 e. The van der Waals surface area contributed by atoms with E-state index in [1.165, 1.54) is 33.5 Å². The summed E-state index contributed by atoms with van der Waals surface area (Å²) in [5.74, 6) is -0.146. The van der Waals surface area contributed by atoms with Gasteiger partial charge in [0.15, 0.2) is 0 Å². The second-order valence-corrected chi connectivity index (χ2v) is 10.5. The van der Waals surface area contributed by atoms with Gasteiger partial charge in [0.2, 0.25) is 15.9 Å². The highest BCUT2D eigenvalue weighted by Gasteiger charge is 2.32. The predicted molar refractivity (Wildman–Crippen MR) is 107 cm³/mol. The van der Waals surface area contributed by atoms with Gasteiger partial charge in [-0.3, -0.25) is 4.79 Å². The van der Waals surface area contributed by atoms with E-state index in [0.717, 1.165) is 6.54 Å². The molecule has 0 unspecified atom stereocenters. The lowest BCUT2D eigenvalue weighted by molar-refractivity contribution is -0.865. The van der Waals surface area contributed by atoms with E-state index in [1.54, 1.807) is 0 Å². The van der Waals surface area contributed by atoms with Gasteiger partial charge in [0.05, 0.1) is 37.2 Å². The number of nitrogens with one attached hydrogen (secondary N) is 2. The van der Waals surface area contributed by atoms with Crippen LogP contribution in [-0.4, -0.2) is 58.9 Å². The number of hydrogen-bond donors (Lipinski definition) is 2. The van der Waals surface area contributed by atoms with E-state index in [9.17, 15) is 13.2 Å². The fourth-order valence-corrected chi connectivity index (χ4v) is 5.17. The van der Waals surface area contributed by atoms with E-state index in [2.05, 4.69) is 33.3 Å². The first kappa shape index (κ1) is 22.3. The van der Waals surface area contributed by atoms with Gasteiger partial charge >= 0.3 is 0 Å². The minimum atomic E-state index is -3.60. The Kier molecular flexibility index (Phi) is 7.21. The lowest BCUT2D eigenvalue weighted by Gasteiger charge is -2.32. The second-order valence-electron chi connectivity index (χ2n) is 8.58. The Hall–Kier alpha value is -1.95. The molecule has 0 aromatic heterocycles. The lowest BCUT2D eigenvalue weighted by atomic mass is 9.91. The average Bonchev–Trinajstić information content (AvgIpc) is 2.65. The molecule has 0 aliphatic carbocycles. The zero-order valence-electron chi connectivity index (χ0n) is 17.2. The molecule has 0 spiro atoms. The van der Waals surface area contributed by atoms with E-state index in [4.69, 9.17) is 5.26 Å². The maximum Gasteiger partial charge on any atom is 0.243 e. The Balaban J connectivity index is 1.91. The molecule has 0 radical (unpaired) electrons. The summed E-state index contributed by atoms with van der Waals surface area (Å²) in [7, 11) is 0.586. The van der Waals surface area contributed by atoms with E-state index >= 15 is 0 Å². The summed E-state index contributed by atoms with van der Waals surface area (Å²) in [4.78, 5) is 14.0. The first-order valence-corrected chi connectivity index (χ1v) is 11.1. The van der Waals surface area contributed by atoms with Crippen molar-refractivity contribution in [1.82, 2.24) is 9.62 Å². The molecule has 7 nitrogen and oxygen atoms in total. The van der Waals surface area contributed by atoms with Crippen molar-refractivity contribution in [3.05, 3.63) is 29.8 Å². The Morgan fingerprint density at radius 3 is 2.32 bits per heavy atom. The predicted octanol–water partition coefficient (Wildman–Crippen LogP) is 0.246. The van der Waals surface area contributed by atoms with E-state index in [0.29, 0.717) is 38.0 Å². The first-order valence-electron chi connectivity index (χ1n) is 9.62. The maximum atomic E-state index is 12.8. The van der Waals surface area contributed by atoms with Crippen molar-refractivity contribution in [3.8, 4) is 6.07 Å². The molecule has 1 heterocycles. The number of rotatable bonds is 7. The van der Waals surface area contributed by atoms with Crippen molar-refractivity contribution in [2.45, 2.75) is 31.6 Å². The average molecular weight is 408 g/mol. The lowest BCUT2D eigenvalue weighted by Crippen LogP contribution is -3.07. The molecule has 0 saturated carbocycles.